The van der Waals surface area contributed by atoms with Crippen molar-refractivity contribution in [3.8, 4) is 5.75 Å². The van der Waals surface area contributed by atoms with Gasteiger partial charge in [0.15, 0.2) is 5.75 Å². The summed E-state index contributed by atoms with van der Waals surface area (Å²) in [6.07, 6.45) is 0. The van der Waals surface area contributed by atoms with Gasteiger partial charge in [-0.1, -0.05) is 24.3 Å². The fourth-order valence-electron chi connectivity index (χ4n) is 4.36. The normalized spacial score (nSPS) is 12.7. The summed E-state index contributed by atoms with van der Waals surface area (Å²) in [4.78, 5) is 8.30. The molecule has 50 heavy (non-hydrogen) atoms. The van der Waals surface area contributed by atoms with Crippen molar-refractivity contribution in [2.24, 2.45) is 10.2 Å². The molecule has 1 heterocycles. The second-order valence-corrected chi connectivity index (χ2v) is 15.6. The van der Waals surface area contributed by atoms with Crippen LogP contribution in [0.25, 0.3) is 10.8 Å². The molecule has 25 heteroatoms. The zero-order valence-electron chi connectivity index (χ0n) is 24.1. The molecule has 5 aromatic rings. The highest BCUT2D eigenvalue weighted by Gasteiger charge is 2.26. The van der Waals surface area contributed by atoms with Crippen LogP contribution in [0.2, 0.25) is 5.28 Å². The van der Waals surface area contributed by atoms with Gasteiger partial charge in [-0.2, -0.15) is 48.6 Å². The summed E-state index contributed by atoms with van der Waals surface area (Å²) in [7, 11) is -19.9. The number of rotatable bonds is 10. The smallest absolute Gasteiger partial charge is 0.296 e. The standard InChI is InChI=1S/C25H18ClN7O13S4/c26-23-29-24(27-14-5-1-3-7-17(14)48(38,39)40)31-25(30-23)28-16-11-13(47(35,36)37)9-12-10-19(50(44,45)46)21(22(34)20(12)16)33-32-15-6-2-4-8-18(15)49(41,42)43/h1-11,34H,(H,35,36,37)(H,38,39,40)(H,41,42,43)(H,44,45,46)(H2,27,28,29,30,31). The number of phenols is 1. The summed E-state index contributed by atoms with van der Waals surface area (Å²) in [6.45, 7) is 0. The summed E-state index contributed by atoms with van der Waals surface area (Å²) < 4.78 is 135. The Hall–Kier alpha value is -4.92. The molecule has 20 nitrogen and oxygen atoms in total. The molecule has 0 amide bonds. The molecule has 1 aromatic heterocycles. The molecule has 0 aliphatic rings. The molecule has 0 aliphatic heterocycles. The summed E-state index contributed by atoms with van der Waals surface area (Å²) in [5.41, 5.74) is -2.20. The van der Waals surface area contributed by atoms with Gasteiger partial charge in [-0.3, -0.25) is 18.2 Å². The topological polar surface area (TPSA) is 325 Å². The van der Waals surface area contributed by atoms with Crippen molar-refractivity contribution in [3.63, 3.8) is 0 Å². The zero-order valence-corrected chi connectivity index (χ0v) is 28.1. The number of azo groups is 1. The average Bonchev–Trinajstić information content (AvgIpc) is 2.98. The van der Waals surface area contributed by atoms with Gasteiger partial charge in [-0.05, 0) is 59.5 Å². The van der Waals surface area contributed by atoms with Gasteiger partial charge in [-0.25, -0.2) is 0 Å². The van der Waals surface area contributed by atoms with Crippen LogP contribution in [-0.4, -0.2) is 71.9 Å². The van der Waals surface area contributed by atoms with Gasteiger partial charge in [0, 0.05) is 5.39 Å². The van der Waals surface area contributed by atoms with Crippen LogP contribution < -0.4 is 10.6 Å². The van der Waals surface area contributed by atoms with Crippen LogP contribution in [0.15, 0.2) is 96.5 Å². The van der Waals surface area contributed by atoms with E-state index in [0.29, 0.717) is 6.07 Å². The number of benzene rings is 4. The van der Waals surface area contributed by atoms with E-state index in [2.05, 4.69) is 35.8 Å². The van der Waals surface area contributed by atoms with Crippen LogP contribution in [0, 0.1) is 0 Å². The number of phenolic OH excluding ortho intramolecular Hbond substituents is 1. The third-order valence-electron chi connectivity index (χ3n) is 6.37. The molecule has 262 valence electrons. The van der Waals surface area contributed by atoms with Gasteiger partial charge in [0.2, 0.25) is 17.2 Å². The van der Waals surface area contributed by atoms with Gasteiger partial charge in [0.25, 0.3) is 40.5 Å². The lowest BCUT2D eigenvalue weighted by atomic mass is 10.1. The van der Waals surface area contributed by atoms with Crippen LogP contribution >= 0.6 is 11.6 Å². The molecule has 5 rings (SSSR count). The molecule has 7 N–H and O–H groups in total. The van der Waals surface area contributed by atoms with Gasteiger partial charge < -0.3 is 15.7 Å². The Balaban J connectivity index is 1.72. The first-order chi connectivity index (χ1) is 23.1. The number of halogens is 1. The molecule has 0 saturated carbocycles. The number of anilines is 4. The van der Waals surface area contributed by atoms with E-state index < -0.39 is 111 Å². The number of aromatic nitrogens is 3. The average molecular weight is 788 g/mol. The molecule has 0 fully saturated rings. The molecule has 0 aliphatic carbocycles. The molecule has 0 saturated heterocycles. The van der Waals surface area contributed by atoms with E-state index in [-0.39, 0.29) is 5.69 Å². The van der Waals surface area contributed by atoms with E-state index in [9.17, 15) is 57.0 Å². The second kappa shape index (κ2) is 13.1. The van der Waals surface area contributed by atoms with E-state index in [1.54, 1.807) is 0 Å². The lowest BCUT2D eigenvalue weighted by Gasteiger charge is -2.15. The molecule has 0 radical (unpaired) electrons. The first-order valence-corrected chi connectivity index (χ1v) is 19.1. The highest BCUT2D eigenvalue weighted by Crippen LogP contribution is 2.46. The maximum atomic E-state index is 12.4. The maximum Gasteiger partial charge on any atom is 0.296 e. The number of nitrogens with one attached hydrogen (secondary N) is 2. The van der Waals surface area contributed by atoms with Crippen LogP contribution in [0.5, 0.6) is 5.75 Å². The van der Waals surface area contributed by atoms with Gasteiger partial charge >= 0.3 is 0 Å². The van der Waals surface area contributed by atoms with Crippen molar-refractivity contribution >= 4 is 97.5 Å². The van der Waals surface area contributed by atoms with Crippen LogP contribution in [0.4, 0.5) is 34.6 Å². The molecule has 0 bridgehead atoms. The lowest BCUT2D eigenvalue weighted by molar-refractivity contribution is 0.472. The maximum absolute atomic E-state index is 12.4. The number of para-hydroxylation sites is 1. The molecule has 4 aromatic carbocycles. The number of aromatic hydroxyl groups is 1. The molecular formula is C25H18ClN7O13S4. The third-order valence-corrected chi connectivity index (χ3v) is 10.0. The Kier molecular flexibility index (Phi) is 9.51. The second-order valence-electron chi connectivity index (χ2n) is 9.71. The summed E-state index contributed by atoms with van der Waals surface area (Å²) in [5, 5.41) is 22.2. The lowest BCUT2D eigenvalue weighted by Crippen LogP contribution is -2.08. The van der Waals surface area contributed by atoms with Crippen molar-refractivity contribution < 1.29 is 57.0 Å². The minimum Gasteiger partial charge on any atom is -0.505 e. The minimum absolute atomic E-state index is 0.206. The Morgan fingerprint density at radius 1 is 0.600 bits per heavy atom. The van der Waals surface area contributed by atoms with Crippen LogP contribution in [0.3, 0.4) is 0 Å². The molecule has 0 atom stereocenters. The van der Waals surface area contributed by atoms with E-state index in [0.717, 1.165) is 30.3 Å². The Bertz CT molecular complexity index is 2690. The fraction of sp³-hybridized carbons (Fsp3) is 0. The molecule has 0 spiro atoms. The largest absolute Gasteiger partial charge is 0.505 e. The predicted molar refractivity (Wildman–Crippen MR) is 173 cm³/mol. The van der Waals surface area contributed by atoms with E-state index >= 15 is 0 Å². The monoisotopic (exact) mass is 787 g/mol. The van der Waals surface area contributed by atoms with Gasteiger partial charge in [0.1, 0.15) is 26.1 Å². The van der Waals surface area contributed by atoms with Gasteiger partial charge in [-0.15, -0.1) is 10.2 Å². The quantitative estimate of drug-likeness (QED) is 0.0767. The van der Waals surface area contributed by atoms with E-state index in [1.165, 1.54) is 30.3 Å². The van der Waals surface area contributed by atoms with Crippen molar-refractivity contribution in [2.75, 3.05) is 10.6 Å². The number of fused-ring (bicyclic) bond motifs is 1. The number of nitrogens with zero attached hydrogens (tertiary/aromatic N) is 5. The van der Waals surface area contributed by atoms with Crippen molar-refractivity contribution in [1.29, 1.82) is 0 Å². The Morgan fingerprint density at radius 3 is 1.72 bits per heavy atom. The third kappa shape index (κ3) is 7.93. The van der Waals surface area contributed by atoms with E-state index in [1.807, 2.05) is 0 Å². The Labute approximate surface area is 286 Å². The van der Waals surface area contributed by atoms with Crippen molar-refractivity contribution in [1.82, 2.24) is 15.0 Å². The highest BCUT2D eigenvalue weighted by molar-refractivity contribution is 7.86. The SMILES string of the molecule is O=S(=O)(O)c1cc(Nc2nc(Cl)nc(Nc3ccccc3S(=O)(=O)O)n2)c2c(O)c(N=Nc3ccccc3S(=O)(=O)O)c(S(=O)(=O)O)cc2c1. The first kappa shape index (κ1) is 36.4. The highest BCUT2D eigenvalue weighted by atomic mass is 35.5. The zero-order chi connectivity index (χ0) is 36.8. The summed E-state index contributed by atoms with van der Waals surface area (Å²) in [5.74, 6) is -2.05. The first-order valence-electron chi connectivity index (χ1n) is 12.9. The number of hydrogen-bond donors (Lipinski definition) is 7. The van der Waals surface area contributed by atoms with E-state index in [4.69, 9.17) is 11.6 Å². The van der Waals surface area contributed by atoms with Crippen LogP contribution in [0.1, 0.15) is 0 Å². The number of hydrogen-bond acceptors (Lipinski definition) is 16. The Morgan fingerprint density at radius 2 is 1.14 bits per heavy atom. The summed E-state index contributed by atoms with van der Waals surface area (Å²) in [6, 6.07) is 11.7. The van der Waals surface area contributed by atoms with Crippen LogP contribution in [-0.2, 0) is 40.5 Å². The van der Waals surface area contributed by atoms with Gasteiger partial charge in [0.05, 0.1) is 16.3 Å². The van der Waals surface area contributed by atoms with Crippen molar-refractivity contribution in [3.05, 3.63) is 72.0 Å². The minimum atomic E-state index is -5.30. The molecule has 0 unspecified atom stereocenters. The molecular weight excluding hydrogens is 770 g/mol. The van der Waals surface area contributed by atoms with Crippen molar-refractivity contribution in [2.45, 2.75) is 19.6 Å². The fourth-order valence-corrected chi connectivity index (χ4v) is 6.99. The predicted octanol–water partition coefficient (Wildman–Crippen LogP) is 4.27. The summed E-state index contributed by atoms with van der Waals surface area (Å²) >= 11 is 6.03.